The maximum absolute atomic E-state index is 12.8. The summed E-state index contributed by atoms with van der Waals surface area (Å²) in [6, 6.07) is 13.9. The van der Waals surface area contributed by atoms with Crippen LogP contribution in [0.2, 0.25) is 0 Å². The van der Waals surface area contributed by atoms with E-state index in [2.05, 4.69) is 38.2 Å². The van der Waals surface area contributed by atoms with Crippen molar-refractivity contribution in [3.05, 3.63) is 64.7 Å². The highest BCUT2D eigenvalue weighted by Gasteiger charge is 2.28. The van der Waals surface area contributed by atoms with Gasteiger partial charge >= 0.3 is 0 Å². The molecule has 1 saturated heterocycles. The fourth-order valence-corrected chi connectivity index (χ4v) is 3.70. The van der Waals surface area contributed by atoms with Gasteiger partial charge < -0.3 is 10.2 Å². The molecule has 1 aliphatic rings. The van der Waals surface area contributed by atoms with Crippen molar-refractivity contribution in [1.29, 1.82) is 0 Å². The molecule has 0 radical (unpaired) electrons. The lowest BCUT2D eigenvalue weighted by Crippen LogP contribution is -2.41. The van der Waals surface area contributed by atoms with Gasteiger partial charge in [-0.2, -0.15) is 0 Å². The SMILES string of the molecule is Cc1ccc(C(=O)N2CCC(C(=O)Nc3ccc(C(C)(C)C)cc3)CC2)cc1C. The van der Waals surface area contributed by atoms with Crippen molar-refractivity contribution in [3.63, 3.8) is 0 Å². The molecule has 2 aromatic carbocycles. The highest BCUT2D eigenvalue weighted by atomic mass is 16.2. The quantitative estimate of drug-likeness (QED) is 0.791. The van der Waals surface area contributed by atoms with E-state index in [0.717, 1.165) is 16.8 Å². The van der Waals surface area contributed by atoms with Crippen molar-refractivity contribution < 1.29 is 9.59 Å². The molecule has 0 saturated carbocycles. The molecule has 1 heterocycles. The average molecular weight is 393 g/mol. The van der Waals surface area contributed by atoms with E-state index in [0.29, 0.717) is 25.9 Å². The minimum Gasteiger partial charge on any atom is -0.339 e. The third-order valence-corrected chi connectivity index (χ3v) is 5.93. The Balaban J connectivity index is 1.55. The number of aryl methyl sites for hydroxylation is 2. The van der Waals surface area contributed by atoms with Crippen LogP contribution < -0.4 is 5.32 Å². The molecule has 0 unspecified atom stereocenters. The molecule has 4 nitrogen and oxygen atoms in total. The van der Waals surface area contributed by atoms with Crippen molar-refractivity contribution in [3.8, 4) is 0 Å². The van der Waals surface area contributed by atoms with Crippen LogP contribution in [0.15, 0.2) is 42.5 Å². The van der Waals surface area contributed by atoms with Gasteiger partial charge in [0.05, 0.1) is 0 Å². The van der Waals surface area contributed by atoms with Gasteiger partial charge in [-0.15, -0.1) is 0 Å². The summed E-state index contributed by atoms with van der Waals surface area (Å²) in [5.41, 5.74) is 5.22. The van der Waals surface area contributed by atoms with E-state index < -0.39 is 0 Å². The van der Waals surface area contributed by atoms with E-state index in [-0.39, 0.29) is 23.1 Å². The number of carbonyl (C=O) groups excluding carboxylic acids is 2. The number of anilines is 1. The van der Waals surface area contributed by atoms with Gasteiger partial charge in [-0.1, -0.05) is 39.0 Å². The highest BCUT2D eigenvalue weighted by Crippen LogP contribution is 2.25. The van der Waals surface area contributed by atoms with Crippen LogP contribution in [-0.2, 0) is 10.2 Å². The fourth-order valence-electron chi connectivity index (χ4n) is 3.70. The van der Waals surface area contributed by atoms with Crippen LogP contribution >= 0.6 is 0 Å². The fraction of sp³-hybridized carbons (Fsp3) is 0.440. The zero-order valence-electron chi connectivity index (χ0n) is 18.2. The Morgan fingerprint density at radius 1 is 0.931 bits per heavy atom. The number of likely N-dealkylation sites (tertiary alicyclic amines) is 1. The molecule has 29 heavy (non-hydrogen) atoms. The van der Waals surface area contributed by atoms with Crippen LogP contribution in [0, 0.1) is 19.8 Å². The van der Waals surface area contributed by atoms with Gasteiger partial charge in [0.25, 0.3) is 5.91 Å². The lowest BCUT2D eigenvalue weighted by Gasteiger charge is -2.31. The second-order valence-electron chi connectivity index (χ2n) is 9.18. The molecular weight excluding hydrogens is 360 g/mol. The first-order valence-electron chi connectivity index (χ1n) is 10.4. The highest BCUT2D eigenvalue weighted by molar-refractivity contribution is 5.95. The normalized spacial score (nSPS) is 15.3. The van der Waals surface area contributed by atoms with E-state index in [4.69, 9.17) is 0 Å². The Morgan fingerprint density at radius 2 is 1.55 bits per heavy atom. The van der Waals surface area contributed by atoms with Crippen molar-refractivity contribution in [2.24, 2.45) is 5.92 Å². The smallest absolute Gasteiger partial charge is 0.253 e. The first-order chi connectivity index (χ1) is 13.6. The van der Waals surface area contributed by atoms with E-state index >= 15 is 0 Å². The molecule has 2 aromatic rings. The average Bonchev–Trinajstić information content (AvgIpc) is 2.69. The molecule has 0 spiro atoms. The Kier molecular flexibility index (Phi) is 6.11. The van der Waals surface area contributed by atoms with Crippen LogP contribution in [0.1, 0.15) is 60.7 Å². The minimum absolute atomic E-state index is 0.0480. The van der Waals surface area contributed by atoms with Gasteiger partial charge in [-0.25, -0.2) is 0 Å². The third-order valence-electron chi connectivity index (χ3n) is 5.93. The number of nitrogens with one attached hydrogen (secondary N) is 1. The molecular formula is C25H32N2O2. The zero-order chi connectivity index (χ0) is 21.2. The minimum atomic E-state index is -0.0545. The molecule has 1 aliphatic heterocycles. The third kappa shape index (κ3) is 5.06. The van der Waals surface area contributed by atoms with Gasteiger partial charge in [0, 0.05) is 30.3 Å². The van der Waals surface area contributed by atoms with E-state index in [9.17, 15) is 9.59 Å². The standard InChI is InChI=1S/C25H32N2O2/c1-17-6-7-20(16-18(17)2)24(29)27-14-12-19(13-15-27)23(28)26-22-10-8-21(9-11-22)25(3,4)5/h6-11,16,19H,12-15H2,1-5H3,(H,26,28). The summed E-state index contributed by atoms with van der Waals surface area (Å²) in [5.74, 6) is 0.0533. The molecule has 1 N–H and O–H groups in total. The molecule has 0 atom stereocenters. The van der Waals surface area contributed by atoms with Crippen LogP contribution in [0.25, 0.3) is 0 Å². The zero-order valence-corrected chi connectivity index (χ0v) is 18.2. The van der Waals surface area contributed by atoms with Crippen LogP contribution in [0.4, 0.5) is 5.69 Å². The number of hydrogen-bond acceptors (Lipinski definition) is 2. The van der Waals surface area contributed by atoms with Crippen LogP contribution in [0.5, 0.6) is 0 Å². The summed E-state index contributed by atoms with van der Waals surface area (Å²) in [6.07, 6.45) is 1.39. The second kappa shape index (κ2) is 8.40. The number of benzene rings is 2. The van der Waals surface area contributed by atoms with Gasteiger partial charge in [0.2, 0.25) is 5.91 Å². The summed E-state index contributed by atoms with van der Waals surface area (Å²) in [7, 11) is 0. The molecule has 0 bridgehead atoms. The van der Waals surface area contributed by atoms with Crippen molar-refractivity contribution >= 4 is 17.5 Å². The van der Waals surface area contributed by atoms with Gasteiger partial charge in [-0.3, -0.25) is 9.59 Å². The number of amides is 2. The molecule has 2 amide bonds. The first-order valence-corrected chi connectivity index (χ1v) is 10.4. The maximum atomic E-state index is 12.8. The number of piperidine rings is 1. The Hall–Kier alpha value is -2.62. The number of nitrogens with zero attached hydrogens (tertiary/aromatic N) is 1. The lowest BCUT2D eigenvalue weighted by molar-refractivity contribution is -0.121. The summed E-state index contributed by atoms with van der Waals surface area (Å²) in [4.78, 5) is 27.3. The molecule has 0 aliphatic carbocycles. The van der Waals surface area contributed by atoms with Gasteiger partial charge in [0.15, 0.2) is 0 Å². The lowest BCUT2D eigenvalue weighted by atomic mass is 9.87. The predicted octanol–water partition coefficient (Wildman–Crippen LogP) is 5.09. The van der Waals surface area contributed by atoms with Crippen molar-refractivity contribution in [2.75, 3.05) is 18.4 Å². The van der Waals surface area contributed by atoms with Crippen LogP contribution in [0.3, 0.4) is 0 Å². The van der Waals surface area contributed by atoms with E-state index in [1.54, 1.807) is 0 Å². The number of hydrogen-bond donors (Lipinski definition) is 1. The Morgan fingerprint density at radius 3 is 2.10 bits per heavy atom. The molecule has 154 valence electrons. The van der Waals surface area contributed by atoms with E-state index in [1.807, 2.05) is 49.1 Å². The molecule has 1 fully saturated rings. The van der Waals surface area contributed by atoms with Crippen LogP contribution in [-0.4, -0.2) is 29.8 Å². The summed E-state index contributed by atoms with van der Waals surface area (Å²) < 4.78 is 0. The first kappa shape index (κ1) is 21.1. The van der Waals surface area contributed by atoms with Gasteiger partial charge in [0.1, 0.15) is 0 Å². The topological polar surface area (TPSA) is 49.4 Å². The molecule has 3 rings (SSSR count). The number of rotatable bonds is 3. The molecule has 0 aromatic heterocycles. The van der Waals surface area contributed by atoms with Crippen molar-refractivity contribution in [2.45, 2.75) is 52.9 Å². The monoisotopic (exact) mass is 392 g/mol. The maximum Gasteiger partial charge on any atom is 0.253 e. The Labute approximate surface area is 174 Å². The van der Waals surface area contributed by atoms with Gasteiger partial charge in [-0.05, 0) is 73.1 Å². The second-order valence-corrected chi connectivity index (χ2v) is 9.18. The number of carbonyl (C=O) groups is 2. The van der Waals surface area contributed by atoms with E-state index in [1.165, 1.54) is 11.1 Å². The largest absolute Gasteiger partial charge is 0.339 e. The Bertz CT molecular complexity index is 886. The summed E-state index contributed by atoms with van der Waals surface area (Å²) in [5, 5.41) is 3.04. The predicted molar refractivity (Wildman–Crippen MR) is 118 cm³/mol. The summed E-state index contributed by atoms with van der Waals surface area (Å²) >= 11 is 0. The molecule has 4 heteroatoms. The van der Waals surface area contributed by atoms with Crippen molar-refractivity contribution in [1.82, 2.24) is 4.90 Å². The summed E-state index contributed by atoms with van der Waals surface area (Å²) in [6.45, 7) is 11.8.